The van der Waals surface area contributed by atoms with Gasteiger partial charge in [0.15, 0.2) is 5.96 Å². The van der Waals surface area contributed by atoms with Crippen LogP contribution >= 0.6 is 0 Å². The van der Waals surface area contributed by atoms with Crippen LogP contribution in [0.4, 0.5) is 0 Å². The molecule has 0 aliphatic heterocycles. The number of guanidine groups is 1. The van der Waals surface area contributed by atoms with Crippen molar-refractivity contribution < 1.29 is 4.42 Å². The summed E-state index contributed by atoms with van der Waals surface area (Å²) in [6, 6.07) is 12.2. The van der Waals surface area contributed by atoms with Crippen LogP contribution in [0.5, 0.6) is 0 Å². The van der Waals surface area contributed by atoms with Crippen LogP contribution in [0.1, 0.15) is 23.8 Å². The van der Waals surface area contributed by atoms with Crippen molar-refractivity contribution in [3.8, 4) is 0 Å². The minimum absolute atomic E-state index is 0.683. The van der Waals surface area contributed by atoms with E-state index in [9.17, 15) is 0 Å². The predicted octanol–water partition coefficient (Wildman–Crippen LogP) is 2.89. The lowest BCUT2D eigenvalue weighted by molar-refractivity contribution is 0.507. The van der Waals surface area contributed by atoms with Gasteiger partial charge in [-0.15, -0.1) is 0 Å². The Bertz CT molecular complexity index is 561. The lowest BCUT2D eigenvalue weighted by Gasteiger charge is -2.11. The number of benzene rings is 1. The Kier molecular flexibility index (Phi) is 5.88. The first kappa shape index (κ1) is 15.2. The maximum atomic E-state index is 5.32. The van der Waals surface area contributed by atoms with Gasteiger partial charge in [0.2, 0.25) is 0 Å². The highest BCUT2D eigenvalue weighted by molar-refractivity contribution is 5.79. The normalized spacial score (nSPS) is 11.4. The molecule has 2 rings (SSSR count). The molecular formula is C17H23N3O. The minimum Gasteiger partial charge on any atom is -0.469 e. The number of hydrogen-bond donors (Lipinski definition) is 2. The van der Waals surface area contributed by atoms with Crippen LogP contribution in [0.3, 0.4) is 0 Å². The molecule has 0 aliphatic rings. The SMILES string of the molecule is CCNC(=NCc1ccccc1C)NCCc1ccco1. The van der Waals surface area contributed by atoms with Crippen molar-refractivity contribution in [2.24, 2.45) is 4.99 Å². The second-order valence-electron chi connectivity index (χ2n) is 4.88. The number of furan rings is 1. The van der Waals surface area contributed by atoms with Crippen molar-refractivity contribution in [1.29, 1.82) is 0 Å². The molecule has 0 unspecified atom stereocenters. The monoisotopic (exact) mass is 285 g/mol. The zero-order valence-corrected chi connectivity index (χ0v) is 12.7. The van der Waals surface area contributed by atoms with Crippen LogP contribution in [-0.2, 0) is 13.0 Å². The molecule has 112 valence electrons. The molecular weight excluding hydrogens is 262 g/mol. The second-order valence-corrected chi connectivity index (χ2v) is 4.88. The summed E-state index contributed by atoms with van der Waals surface area (Å²) in [6.07, 6.45) is 2.55. The van der Waals surface area contributed by atoms with E-state index in [2.05, 4.69) is 53.7 Å². The molecule has 0 spiro atoms. The summed E-state index contributed by atoms with van der Waals surface area (Å²) >= 11 is 0. The molecule has 0 radical (unpaired) electrons. The third-order valence-corrected chi connectivity index (χ3v) is 3.26. The Morgan fingerprint density at radius 1 is 1.14 bits per heavy atom. The maximum Gasteiger partial charge on any atom is 0.191 e. The fraction of sp³-hybridized carbons (Fsp3) is 0.353. The highest BCUT2D eigenvalue weighted by Crippen LogP contribution is 2.07. The number of rotatable bonds is 6. The molecule has 1 heterocycles. The third kappa shape index (κ3) is 4.99. The third-order valence-electron chi connectivity index (χ3n) is 3.26. The van der Waals surface area contributed by atoms with Gasteiger partial charge in [-0.05, 0) is 37.1 Å². The first-order chi connectivity index (χ1) is 10.3. The Hall–Kier alpha value is -2.23. The van der Waals surface area contributed by atoms with Crippen LogP contribution in [0.15, 0.2) is 52.1 Å². The molecule has 0 bridgehead atoms. The van der Waals surface area contributed by atoms with Gasteiger partial charge in [-0.1, -0.05) is 24.3 Å². The van der Waals surface area contributed by atoms with Gasteiger partial charge in [0, 0.05) is 19.5 Å². The molecule has 0 saturated carbocycles. The summed E-state index contributed by atoms with van der Waals surface area (Å²) in [5.41, 5.74) is 2.52. The molecule has 2 aromatic rings. The highest BCUT2D eigenvalue weighted by Gasteiger charge is 2.00. The van der Waals surface area contributed by atoms with E-state index in [1.54, 1.807) is 6.26 Å². The van der Waals surface area contributed by atoms with Crippen LogP contribution in [0, 0.1) is 6.92 Å². The Morgan fingerprint density at radius 2 is 2.00 bits per heavy atom. The Morgan fingerprint density at radius 3 is 2.71 bits per heavy atom. The van der Waals surface area contributed by atoms with E-state index in [1.165, 1.54) is 11.1 Å². The topological polar surface area (TPSA) is 49.6 Å². The predicted molar refractivity (Wildman–Crippen MR) is 86.4 cm³/mol. The Labute approximate surface area is 126 Å². The van der Waals surface area contributed by atoms with E-state index in [4.69, 9.17) is 4.42 Å². The van der Waals surface area contributed by atoms with Gasteiger partial charge in [0.25, 0.3) is 0 Å². The highest BCUT2D eigenvalue weighted by atomic mass is 16.3. The van der Waals surface area contributed by atoms with E-state index in [0.29, 0.717) is 6.54 Å². The molecule has 1 aromatic heterocycles. The van der Waals surface area contributed by atoms with Crippen molar-refractivity contribution in [2.75, 3.05) is 13.1 Å². The van der Waals surface area contributed by atoms with E-state index in [-0.39, 0.29) is 0 Å². The number of nitrogens with zero attached hydrogens (tertiary/aromatic N) is 1. The van der Waals surface area contributed by atoms with Crippen LogP contribution in [0.25, 0.3) is 0 Å². The summed E-state index contributed by atoms with van der Waals surface area (Å²) in [5.74, 6) is 1.82. The maximum absolute atomic E-state index is 5.32. The number of aryl methyl sites for hydroxylation is 1. The zero-order valence-electron chi connectivity index (χ0n) is 12.7. The van der Waals surface area contributed by atoms with E-state index >= 15 is 0 Å². The second kappa shape index (κ2) is 8.15. The average Bonchev–Trinajstić information content (AvgIpc) is 2.99. The average molecular weight is 285 g/mol. The van der Waals surface area contributed by atoms with Crippen molar-refractivity contribution >= 4 is 5.96 Å². The summed E-state index contributed by atoms with van der Waals surface area (Å²) < 4.78 is 5.32. The lowest BCUT2D eigenvalue weighted by Crippen LogP contribution is -2.38. The molecule has 0 saturated heterocycles. The molecule has 0 aliphatic carbocycles. The number of aliphatic imine (C=N–C) groups is 1. The van der Waals surface area contributed by atoms with Crippen LogP contribution in [0.2, 0.25) is 0 Å². The van der Waals surface area contributed by atoms with Gasteiger partial charge in [-0.25, -0.2) is 4.99 Å². The minimum atomic E-state index is 0.683. The summed E-state index contributed by atoms with van der Waals surface area (Å²) in [7, 11) is 0. The standard InChI is InChI=1S/C17H23N3O/c1-3-18-17(19-11-10-16-9-6-12-21-16)20-13-15-8-5-4-7-14(15)2/h4-9,12H,3,10-11,13H2,1-2H3,(H2,18,19,20). The zero-order chi connectivity index (χ0) is 14.9. The van der Waals surface area contributed by atoms with Gasteiger partial charge in [-0.3, -0.25) is 0 Å². The van der Waals surface area contributed by atoms with Gasteiger partial charge >= 0.3 is 0 Å². The van der Waals surface area contributed by atoms with E-state index in [1.807, 2.05) is 12.1 Å². The fourth-order valence-corrected chi connectivity index (χ4v) is 2.05. The fourth-order valence-electron chi connectivity index (χ4n) is 2.05. The molecule has 0 atom stereocenters. The van der Waals surface area contributed by atoms with Crippen LogP contribution < -0.4 is 10.6 Å². The smallest absolute Gasteiger partial charge is 0.191 e. The van der Waals surface area contributed by atoms with E-state index in [0.717, 1.165) is 31.2 Å². The molecule has 4 nitrogen and oxygen atoms in total. The molecule has 0 amide bonds. The first-order valence-corrected chi connectivity index (χ1v) is 7.38. The number of nitrogens with one attached hydrogen (secondary N) is 2. The largest absolute Gasteiger partial charge is 0.469 e. The molecule has 2 N–H and O–H groups in total. The molecule has 21 heavy (non-hydrogen) atoms. The van der Waals surface area contributed by atoms with E-state index < -0.39 is 0 Å². The van der Waals surface area contributed by atoms with Gasteiger partial charge in [-0.2, -0.15) is 0 Å². The molecule has 4 heteroatoms. The van der Waals surface area contributed by atoms with Gasteiger partial charge in [0.1, 0.15) is 5.76 Å². The van der Waals surface area contributed by atoms with Crippen molar-refractivity contribution in [1.82, 2.24) is 10.6 Å². The summed E-state index contributed by atoms with van der Waals surface area (Å²) in [6.45, 7) is 6.51. The number of hydrogen-bond acceptors (Lipinski definition) is 2. The van der Waals surface area contributed by atoms with Crippen LogP contribution in [-0.4, -0.2) is 19.0 Å². The summed E-state index contributed by atoms with van der Waals surface area (Å²) in [4.78, 5) is 4.63. The Balaban J connectivity index is 1.88. The van der Waals surface area contributed by atoms with Crippen molar-refractivity contribution in [2.45, 2.75) is 26.8 Å². The molecule has 0 fully saturated rings. The lowest BCUT2D eigenvalue weighted by atomic mass is 10.1. The van der Waals surface area contributed by atoms with Gasteiger partial charge in [0.05, 0.1) is 12.8 Å². The van der Waals surface area contributed by atoms with Crippen molar-refractivity contribution in [3.63, 3.8) is 0 Å². The molecule has 1 aromatic carbocycles. The van der Waals surface area contributed by atoms with Gasteiger partial charge < -0.3 is 15.1 Å². The first-order valence-electron chi connectivity index (χ1n) is 7.38. The quantitative estimate of drug-likeness (QED) is 0.634. The van der Waals surface area contributed by atoms with Crippen molar-refractivity contribution in [3.05, 3.63) is 59.5 Å². The summed E-state index contributed by atoms with van der Waals surface area (Å²) in [5, 5.41) is 6.59.